The van der Waals surface area contributed by atoms with E-state index >= 15 is 0 Å². The Hall–Kier alpha value is -1.90. The minimum atomic E-state index is 0.773. The third-order valence-corrected chi connectivity index (χ3v) is 5.56. The first kappa shape index (κ1) is 22.8. The van der Waals surface area contributed by atoms with Crippen LogP contribution in [0.3, 0.4) is 0 Å². The van der Waals surface area contributed by atoms with Crippen molar-refractivity contribution in [2.24, 2.45) is 0 Å². The number of aromatic nitrogens is 2. The highest BCUT2D eigenvalue weighted by molar-refractivity contribution is 5.54. The van der Waals surface area contributed by atoms with E-state index in [-0.39, 0.29) is 0 Å². The van der Waals surface area contributed by atoms with Gasteiger partial charge in [0.15, 0.2) is 0 Å². The van der Waals surface area contributed by atoms with Crippen LogP contribution in [-0.4, -0.2) is 98.2 Å². The third-order valence-electron chi connectivity index (χ3n) is 5.56. The lowest BCUT2D eigenvalue weighted by atomic mass is 10.2. The van der Waals surface area contributed by atoms with Crippen LogP contribution in [0.5, 0.6) is 0 Å². The molecule has 0 saturated carbocycles. The summed E-state index contributed by atoms with van der Waals surface area (Å²) in [7, 11) is 6.60. The number of rotatable bonds is 0. The largest absolute Gasteiger partial charge is 0.310 e. The second-order valence-corrected chi connectivity index (χ2v) is 8.29. The molecule has 4 bridgehead atoms. The van der Waals surface area contributed by atoms with Crippen molar-refractivity contribution < 1.29 is 0 Å². The summed E-state index contributed by atoms with van der Waals surface area (Å²) in [5, 5.41) is 7.05. The van der Waals surface area contributed by atoms with Crippen molar-refractivity contribution in [3.05, 3.63) is 47.8 Å². The monoisotopic (exact) mass is 411 g/mol. The van der Waals surface area contributed by atoms with Crippen molar-refractivity contribution in [1.29, 1.82) is 0 Å². The van der Waals surface area contributed by atoms with Gasteiger partial charge in [-0.25, -0.2) is 9.97 Å². The minimum absolute atomic E-state index is 0.773. The van der Waals surface area contributed by atoms with Gasteiger partial charge in [0.2, 0.25) is 0 Å². The maximum atomic E-state index is 4.82. The molecule has 0 spiro atoms. The molecular weight excluding hydrogens is 374 g/mol. The van der Waals surface area contributed by atoms with Crippen LogP contribution in [0.15, 0.2) is 36.4 Å². The Kier molecular flexibility index (Phi) is 9.17. The summed E-state index contributed by atoms with van der Waals surface area (Å²) in [6.07, 6.45) is 0. The number of hydrogen-bond donors (Lipinski definition) is 2. The predicted octanol–water partition coefficient (Wildman–Crippen LogP) is 1.13. The topological polar surface area (TPSA) is 59.6 Å². The van der Waals surface area contributed by atoms with Gasteiger partial charge in [-0.2, -0.15) is 0 Å². The fourth-order valence-corrected chi connectivity index (χ4v) is 3.43. The summed E-state index contributed by atoms with van der Waals surface area (Å²) >= 11 is 0. The zero-order chi connectivity index (χ0) is 21.2. The fourth-order valence-electron chi connectivity index (χ4n) is 3.43. The first-order valence-electron chi connectivity index (χ1n) is 11.0. The molecule has 2 aromatic rings. The van der Waals surface area contributed by atoms with Crippen molar-refractivity contribution in [3.63, 3.8) is 0 Å². The van der Waals surface area contributed by atoms with Crippen LogP contribution in [0.1, 0.15) is 11.4 Å². The van der Waals surface area contributed by atoms with Crippen molar-refractivity contribution in [3.8, 4) is 11.4 Å². The highest BCUT2D eigenvalue weighted by Gasteiger charge is 2.07. The molecule has 30 heavy (non-hydrogen) atoms. The molecular formula is C23H37N7. The van der Waals surface area contributed by atoms with Crippen LogP contribution in [0.2, 0.25) is 0 Å². The van der Waals surface area contributed by atoms with Crippen LogP contribution in [-0.2, 0) is 13.1 Å². The molecule has 0 fully saturated rings. The highest BCUT2D eigenvalue weighted by atomic mass is 15.2. The highest BCUT2D eigenvalue weighted by Crippen LogP contribution is 2.15. The van der Waals surface area contributed by atoms with Gasteiger partial charge >= 0.3 is 0 Å². The summed E-state index contributed by atoms with van der Waals surface area (Å²) in [5.74, 6) is 0. The maximum Gasteiger partial charge on any atom is 0.0890 e. The lowest BCUT2D eigenvalue weighted by Crippen LogP contribution is -2.38. The summed E-state index contributed by atoms with van der Waals surface area (Å²) in [6.45, 7) is 9.86. The molecule has 7 heteroatoms. The molecule has 3 heterocycles. The molecule has 0 aliphatic carbocycles. The Balaban J connectivity index is 1.67. The Labute approximate surface area is 181 Å². The van der Waals surface area contributed by atoms with Gasteiger partial charge in [-0.05, 0) is 45.4 Å². The number of likely N-dealkylation sites (N-methyl/N-ethyl adjacent to an activating group) is 3. The zero-order valence-electron chi connectivity index (χ0n) is 18.8. The van der Waals surface area contributed by atoms with Crippen molar-refractivity contribution >= 4 is 0 Å². The van der Waals surface area contributed by atoms with E-state index in [4.69, 9.17) is 9.97 Å². The second-order valence-electron chi connectivity index (χ2n) is 8.29. The van der Waals surface area contributed by atoms with E-state index < -0.39 is 0 Å². The van der Waals surface area contributed by atoms with Crippen LogP contribution in [0.4, 0.5) is 0 Å². The number of hydrogen-bond acceptors (Lipinski definition) is 7. The van der Waals surface area contributed by atoms with Gasteiger partial charge in [-0.3, -0.25) is 0 Å². The molecule has 0 amide bonds. The van der Waals surface area contributed by atoms with Gasteiger partial charge in [-0.15, -0.1) is 0 Å². The predicted molar refractivity (Wildman–Crippen MR) is 123 cm³/mol. The van der Waals surface area contributed by atoms with E-state index in [2.05, 4.69) is 70.7 Å². The molecule has 3 rings (SSSR count). The molecule has 0 radical (unpaired) electrons. The van der Waals surface area contributed by atoms with E-state index in [0.717, 1.165) is 88.2 Å². The zero-order valence-corrected chi connectivity index (χ0v) is 18.8. The molecule has 0 atom stereocenters. The number of nitrogens with one attached hydrogen (secondary N) is 2. The fraction of sp³-hybridized carbons (Fsp3) is 0.565. The van der Waals surface area contributed by atoms with E-state index in [1.165, 1.54) is 0 Å². The first-order valence-corrected chi connectivity index (χ1v) is 11.0. The Bertz CT molecular complexity index is 703. The Morgan fingerprint density at radius 1 is 0.600 bits per heavy atom. The lowest BCUT2D eigenvalue weighted by molar-refractivity contribution is 0.226. The lowest BCUT2D eigenvalue weighted by Gasteiger charge is -2.24. The van der Waals surface area contributed by atoms with Crippen LogP contribution < -0.4 is 10.6 Å². The van der Waals surface area contributed by atoms with Gasteiger partial charge < -0.3 is 25.3 Å². The Morgan fingerprint density at radius 2 is 1.00 bits per heavy atom. The molecule has 2 aromatic heterocycles. The standard InChI is InChI=1S/C23H37N7/c1-28-12-10-24-18-20-6-4-8-22(26-20)23-9-5-7-21(27-23)19-25-11-13-29(2)15-17-30(3)16-14-28/h4-9,24-25H,10-19H2,1-3H3. The average molecular weight is 412 g/mol. The molecule has 1 aliphatic heterocycles. The third kappa shape index (κ3) is 7.74. The van der Waals surface area contributed by atoms with Crippen LogP contribution in [0.25, 0.3) is 11.4 Å². The van der Waals surface area contributed by atoms with Crippen molar-refractivity contribution in [1.82, 2.24) is 35.3 Å². The first-order chi connectivity index (χ1) is 14.6. The quantitative estimate of drug-likeness (QED) is 0.674. The van der Waals surface area contributed by atoms with Crippen molar-refractivity contribution in [2.45, 2.75) is 13.1 Å². The van der Waals surface area contributed by atoms with E-state index in [9.17, 15) is 0 Å². The Morgan fingerprint density at radius 3 is 1.43 bits per heavy atom. The molecule has 2 N–H and O–H groups in total. The van der Waals surface area contributed by atoms with Crippen molar-refractivity contribution in [2.75, 3.05) is 73.5 Å². The van der Waals surface area contributed by atoms with Crippen LogP contribution in [0, 0.1) is 0 Å². The maximum absolute atomic E-state index is 4.82. The molecule has 7 nitrogen and oxygen atoms in total. The van der Waals surface area contributed by atoms with Gasteiger partial charge in [0.05, 0.1) is 22.8 Å². The molecule has 1 aliphatic rings. The molecule has 0 unspecified atom stereocenters. The van der Waals surface area contributed by atoms with E-state index in [1.54, 1.807) is 0 Å². The van der Waals surface area contributed by atoms with Gasteiger partial charge in [0.25, 0.3) is 0 Å². The summed E-state index contributed by atoms with van der Waals surface area (Å²) in [4.78, 5) is 16.8. The average Bonchev–Trinajstić information content (AvgIpc) is 2.76. The second kappa shape index (κ2) is 12.1. The van der Waals surface area contributed by atoms with Gasteiger partial charge in [0.1, 0.15) is 0 Å². The van der Waals surface area contributed by atoms with Gasteiger partial charge in [-0.1, -0.05) is 12.1 Å². The molecule has 0 aromatic carbocycles. The SMILES string of the molecule is CN1CCNCc2cccc(n2)-c2cccc(n2)CNCCN(C)CCN(C)CC1. The minimum Gasteiger partial charge on any atom is -0.310 e. The van der Waals surface area contributed by atoms with E-state index in [1.807, 2.05) is 12.1 Å². The summed E-state index contributed by atoms with van der Waals surface area (Å²) < 4.78 is 0. The van der Waals surface area contributed by atoms with E-state index in [0.29, 0.717) is 0 Å². The summed E-state index contributed by atoms with van der Waals surface area (Å²) in [6, 6.07) is 12.4. The number of pyridine rings is 2. The normalized spacial score (nSPS) is 19.8. The number of fused-ring (bicyclic) bond motifs is 5. The summed E-state index contributed by atoms with van der Waals surface area (Å²) in [5.41, 5.74) is 3.96. The smallest absolute Gasteiger partial charge is 0.0890 e. The molecule has 164 valence electrons. The number of nitrogens with zero attached hydrogens (tertiary/aromatic N) is 5. The van der Waals surface area contributed by atoms with Crippen LogP contribution >= 0.6 is 0 Å². The van der Waals surface area contributed by atoms with Gasteiger partial charge in [0, 0.05) is 65.4 Å². The molecule has 0 saturated heterocycles.